The Morgan fingerprint density at radius 3 is 2.16 bits per heavy atom. The van der Waals surface area contributed by atoms with E-state index >= 15 is 0 Å². The molecule has 0 aliphatic rings. The predicted molar refractivity (Wildman–Crippen MR) is 64.8 cm³/mol. The van der Waals surface area contributed by atoms with E-state index in [9.17, 15) is 24.6 Å². The van der Waals surface area contributed by atoms with Gasteiger partial charge in [-0.1, -0.05) is 0 Å². The average molecular weight is 266 g/mol. The first-order valence-electron chi connectivity index (χ1n) is 5.61. The van der Waals surface area contributed by atoms with Crippen molar-refractivity contribution in [2.45, 2.75) is 19.1 Å². The molecule has 0 amide bonds. The summed E-state index contributed by atoms with van der Waals surface area (Å²) in [6.07, 6.45) is -2.35. The molecule has 1 aromatic carbocycles. The van der Waals surface area contributed by atoms with Crippen molar-refractivity contribution in [3.8, 4) is 0 Å². The van der Waals surface area contributed by atoms with Crippen molar-refractivity contribution >= 4 is 18.5 Å². The molecule has 102 valence electrons. The van der Waals surface area contributed by atoms with E-state index in [0.717, 1.165) is 0 Å². The van der Waals surface area contributed by atoms with Crippen LogP contribution in [0.2, 0.25) is 0 Å². The zero-order chi connectivity index (χ0) is 14.4. The molecule has 0 aliphatic heterocycles. The highest BCUT2D eigenvalue weighted by Gasteiger charge is 2.27. The lowest BCUT2D eigenvalue weighted by atomic mass is 9.99. The second-order valence-electron chi connectivity index (χ2n) is 3.81. The fourth-order valence-corrected chi connectivity index (χ4v) is 1.55. The number of carbonyl (C=O) groups excluding carboxylic acids is 3. The second-order valence-corrected chi connectivity index (χ2v) is 3.81. The van der Waals surface area contributed by atoms with Gasteiger partial charge in [0, 0.05) is 11.1 Å². The lowest BCUT2D eigenvalue weighted by Gasteiger charge is -2.17. The summed E-state index contributed by atoms with van der Waals surface area (Å²) in [5, 5.41) is 19.4. The maximum absolute atomic E-state index is 11.3. The van der Waals surface area contributed by atoms with E-state index in [0.29, 0.717) is 12.6 Å². The van der Waals surface area contributed by atoms with E-state index < -0.39 is 18.2 Å². The zero-order valence-corrected chi connectivity index (χ0v) is 10.3. The molecule has 1 rings (SSSR count). The molecule has 0 heterocycles. The molecular weight excluding hydrogens is 252 g/mol. The van der Waals surface area contributed by atoms with E-state index in [1.807, 2.05) is 0 Å². The molecule has 6 heteroatoms. The van der Waals surface area contributed by atoms with Gasteiger partial charge in [0.15, 0.2) is 6.10 Å². The Hall–Kier alpha value is -2.05. The third-order valence-electron chi connectivity index (χ3n) is 2.44. The summed E-state index contributed by atoms with van der Waals surface area (Å²) in [5.41, 5.74) is 0.414. The van der Waals surface area contributed by atoms with Crippen LogP contribution in [0.4, 0.5) is 0 Å². The first-order chi connectivity index (χ1) is 9.03. The summed E-state index contributed by atoms with van der Waals surface area (Å²) < 4.78 is 4.57. The molecule has 0 aromatic heterocycles. The summed E-state index contributed by atoms with van der Waals surface area (Å²) in [4.78, 5) is 32.7. The molecule has 0 spiro atoms. The monoisotopic (exact) mass is 266 g/mol. The quantitative estimate of drug-likeness (QED) is 0.566. The van der Waals surface area contributed by atoms with Crippen molar-refractivity contribution in [1.82, 2.24) is 0 Å². The fourth-order valence-electron chi connectivity index (χ4n) is 1.55. The van der Waals surface area contributed by atoms with Gasteiger partial charge in [0.1, 0.15) is 18.7 Å². The third-order valence-corrected chi connectivity index (χ3v) is 2.44. The van der Waals surface area contributed by atoms with Crippen molar-refractivity contribution < 1.29 is 29.3 Å². The molecule has 2 N–H and O–H groups in total. The molecule has 0 saturated carbocycles. The second kappa shape index (κ2) is 6.77. The van der Waals surface area contributed by atoms with Crippen LogP contribution in [-0.4, -0.2) is 41.5 Å². The van der Waals surface area contributed by atoms with Gasteiger partial charge in [0.25, 0.3) is 0 Å². The van der Waals surface area contributed by atoms with E-state index in [4.69, 9.17) is 0 Å². The molecule has 0 saturated heterocycles. The van der Waals surface area contributed by atoms with Crippen LogP contribution in [0.3, 0.4) is 0 Å². The molecule has 0 aliphatic carbocycles. The number of aliphatic hydroxyl groups is 2. The van der Waals surface area contributed by atoms with Gasteiger partial charge in [-0.15, -0.1) is 0 Å². The minimum atomic E-state index is -1.78. The SMILES string of the molecule is CCOC(=O)C(O)C(O)c1cc(C=O)cc(C=O)c1. The number of hydrogen-bond donors (Lipinski definition) is 2. The number of rotatable bonds is 6. The first-order valence-corrected chi connectivity index (χ1v) is 5.61. The lowest BCUT2D eigenvalue weighted by Crippen LogP contribution is -2.30. The van der Waals surface area contributed by atoms with Gasteiger partial charge >= 0.3 is 5.97 Å². The van der Waals surface area contributed by atoms with Gasteiger partial charge in [-0.3, -0.25) is 9.59 Å². The van der Waals surface area contributed by atoms with Crippen LogP contribution < -0.4 is 0 Å². The standard InChI is InChI=1S/C13H14O6/c1-2-19-13(18)12(17)11(16)10-4-8(6-14)3-9(5-10)7-15/h3-7,11-12,16-17H,2H2,1H3. The summed E-state index contributed by atoms with van der Waals surface area (Å²) in [6.45, 7) is 1.63. The van der Waals surface area contributed by atoms with Crippen LogP contribution in [0.25, 0.3) is 0 Å². The van der Waals surface area contributed by atoms with Crippen LogP contribution >= 0.6 is 0 Å². The molecule has 0 fully saturated rings. The number of ether oxygens (including phenoxy) is 1. The highest BCUT2D eigenvalue weighted by atomic mass is 16.5. The van der Waals surface area contributed by atoms with Gasteiger partial charge in [-0.25, -0.2) is 4.79 Å². The van der Waals surface area contributed by atoms with Crippen molar-refractivity contribution in [2.75, 3.05) is 6.61 Å². The van der Waals surface area contributed by atoms with E-state index in [1.165, 1.54) is 18.2 Å². The zero-order valence-electron chi connectivity index (χ0n) is 10.3. The summed E-state index contributed by atoms with van der Waals surface area (Å²) >= 11 is 0. The highest BCUT2D eigenvalue weighted by molar-refractivity contribution is 5.83. The van der Waals surface area contributed by atoms with Crippen molar-refractivity contribution in [3.63, 3.8) is 0 Å². The molecule has 0 bridgehead atoms. The normalized spacial score (nSPS) is 13.4. The fraction of sp³-hybridized carbons (Fsp3) is 0.308. The van der Waals surface area contributed by atoms with Crippen molar-refractivity contribution in [2.24, 2.45) is 0 Å². The molecule has 1 aromatic rings. The Morgan fingerprint density at radius 1 is 1.21 bits per heavy atom. The number of benzene rings is 1. The lowest BCUT2D eigenvalue weighted by molar-refractivity contribution is -0.159. The van der Waals surface area contributed by atoms with Crippen LogP contribution in [0.1, 0.15) is 39.3 Å². The number of aldehydes is 2. The van der Waals surface area contributed by atoms with E-state index in [1.54, 1.807) is 6.92 Å². The van der Waals surface area contributed by atoms with Crippen LogP contribution in [0, 0.1) is 0 Å². The third kappa shape index (κ3) is 3.70. The topological polar surface area (TPSA) is 101 Å². The van der Waals surface area contributed by atoms with Crippen molar-refractivity contribution in [3.05, 3.63) is 34.9 Å². The smallest absolute Gasteiger partial charge is 0.338 e. The maximum atomic E-state index is 11.3. The number of esters is 1. The van der Waals surface area contributed by atoms with Gasteiger partial charge < -0.3 is 14.9 Å². The Kier molecular flexibility index (Phi) is 5.35. The molecule has 19 heavy (non-hydrogen) atoms. The number of hydrogen-bond acceptors (Lipinski definition) is 6. The Labute approximate surface area is 109 Å². The number of aliphatic hydroxyl groups excluding tert-OH is 2. The first kappa shape index (κ1) is 15.0. The van der Waals surface area contributed by atoms with Gasteiger partial charge in [-0.05, 0) is 30.7 Å². The Bertz CT molecular complexity index is 456. The largest absolute Gasteiger partial charge is 0.464 e. The summed E-state index contributed by atoms with van der Waals surface area (Å²) in [6, 6.07) is 3.90. The molecule has 2 atom stereocenters. The number of carbonyl (C=O) groups is 3. The predicted octanol–water partition coefficient (Wildman–Crippen LogP) is 0.269. The van der Waals surface area contributed by atoms with Crippen LogP contribution in [0.5, 0.6) is 0 Å². The Balaban J connectivity index is 3.04. The molecule has 6 nitrogen and oxygen atoms in total. The Morgan fingerprint density at radius 2 is 1.74 bits per heavy atom. The van der Waals surface area contributed by atoms with Crippen LogP contribution in [0.15, 0.2) is 18.2 Å². The van der Waals surface area contributed by atoms with Gasteiger partial charge in [0.2, 0.25) is 0 Å². The van der Waals surface area contributed by atoms with E-state index in [-0.39, 0.29) is 23.3 Å². The minimum Gasteiger partial charge on any atom is -0.464 e. The maximum Gasteiger partial charge on any atom is 0.338 e. The minimum absolute atomic E-state index is 0.0661. The molecule has 2 unspecified atom stereocenters. The average Bonchev–Trinajstić information content (AvgIpc) is 2.45. The summed E-state index contributed by atoms with van der Waals surface area (Å²) in [5.74, 6) is -0.973. The molecular formula is C13H14O6. The van der Waals surface area contributed by atoms with E-state index in [2.05, 4.69) is 4.74 Å². The van der Waals surface area contributed by atoms with Gasteiger partial charge in [-0.2, -0.15) is 0 Å². The highest BCUT2D eigenvalue weighted by Crippen LogP contribution is 2.20. The van der Waals surface area contributed by atoms with Crippen LogP contribution in [-0.2, 0) is 9.53 Å². The van der Waals surface area contributed by atoms with Crippen molar-refractivity contribution in [1.29, 1.82) is 0 Å². The summed E-state index contributed by atoms with van der Waals surface area (Å²) in [7, 11) is 0. The van der Waals surface area contributed by atoms with Gasteiger partial charge in [0.05, 0.1) is 6.61 Å². The molecule has 0 radical (unpaired) electrons.